The van der Waals surface area contributed by atoms with E-state index in [0.717, 1.165) is 11.1 Å². The summed E-state index contributed by atoms with van der Waals surface area (Å²) in [5.74, 6) is 0.517. The predicted octanol–water partition coefficient (Wildman–Crippen LogP) is 3.08. The number of nitrogens with two attached hydrogens (primary N) is 2. The van der Waals surface area contributed by atoms with Gasteiger partial charge in [0.1, 0.15) is 5.82 Å². The lowest BCUT2D eigenvalue weighted by Gasteiger charge is -2.14. The van der Waals surface area contributed by atoms with E-state index in [4.69, 9.17) is 34.7 Å². The number of rotatable bonds is 4. The Hall–Kier alpha value is -1.29. The summed E-state index contributed by atoms with van der Waals surface area (Å²) in [6.45, 7) is 0. The SMILES string of the molecule is Nc1ncccc1CC(N)Cc1c(Cl)cccc1Cl. The van der Waals surface area contributed by atoms with Gasteiger partial charge in [0.05, 0.1) is 0 Å². The summed E-state index contributed by atoms with van der Waals surface area (Å²) in [6.07, 6.45) is 2.91. The summed E-state index contributed by atoms with van der Waals surface area (Å²) < 4.78 is 0. The number of halogens is 2. The van der Waals surface area contributed by atoms with Crippen molar-refractivity contribution in [1.82, 2.24) is 4.98 Å². The van der Waals surface area contributed by atoms with Crippen LogP contribution in [-0.2, 0) is 12.8 Å². The summed E-state index contributed by atoms with van der Waals surface area (Å²) in [6, 6.07) is 9.11. The topological polar surface area (TPSA) is 64.9 Å². The molecule has 4 N–H and O–H groups in total. The van der Waals surface area contributed by atoms with Gasteiger partial charge in [-0.25, -0.2) is 4.98 Å². The maximum atomic E-state index is 6.14. The highest BCUT2D eigenvalue weighted by atomic mass is 35.5. The zero-order valence-electron chi connectivity index (χ0n) is 10.3. The minimum atomic E-state index is -0.108. The van der Waals surface area contributed by atoms with Crippen molar-refractivity contribution in [3.05, 3.63) is 57.7 Å². The molecule has 2 rings (SSSR count). The minimum absolute atomic E-state index is 0.108. The van der Waals surface area contributed by atoms with Crippen LogP contribution in [0.1, 0.15) is 11.1 Å². The third-order valence-corrected chi connectivity index (χ3v) is 3.64. The molecule has 1 atom stereocenters. The Bertz CT molecular complexity index is 552. The molecule has 0 amide bonds. The maximum Gasteiger partial charge on any atom is 0.126 e. The van der Waals surface area contributed by atoms with Gasteiger partial charge in [-0.15, -0.1) is 0 Å². The van der Waals surface area contributed by atoms with Gasteiger partial charge in [0, 0.05) is 22.3 Å². The summed E-state index contributed by atoms with van der Waals surface area (Å²) in [7, 11) is 0. The molecule has 0 bridgehead atoms. The Kier molecular flexibility index (Phi) is 4.64. The predicted molar refractivity (Wildman–Crippen MR) is 80.5 cm³/mol. The first-order chi connectivity index (χ1) is 9.08. The first kappa shape index (κ1) is 14.1. The first-order valence-electron chi connectivity index (χ1n) is 5.95. The molecule has 100 valence electrons. The standard InChI is InChI=1S/C14H15Cl2N3/c15-12-4-1-5-13(16)11(12)8-10(17)7-9-3-2-6-19-14(9)18/h1-6,10H,7-8,17H2,(H2,18,19). The lowest BCUT2D eigenvalue weighted by atomic mass is 10.00. The van der Waals surface area contributed by atoms with Crippen LogP contribution in [0.25, 0.3) is 0 Å². The summed E-state index contributed by atoms with van der Waals surface area (Å²) in [5.41, 5.74) is 13.8. The van der Waals surface area contributed by atoms with Gasteiger partial charge in [-0.05, 0) is 42.2 Å². The van der Waals surface area contributed by atoms with Crippen molar-refractivity contribution in [2.45, 2.75) is 18.9 Å². The fourth-order valence-electron chi connectivity index (χ4n) is 1.97. The first-order valence-corrected chi connectivity index (χ1v) is 6.71. The summed E-state index contributed by atoms with van der Waals surface area (Å²) in [5, 5.41) is 1.28. The van der Waals surface area contributed by atoms with Crippen LogP contribution in [0.5, 0.6) is 0 Å². The number of nitrogen functional groups attached to an aromatic ring is 1. The number of anilines is 1. The van der Waals surface area contributed by atoms with Gasteiger partial charge in [0.15, 0.2) is 0 Å². The minimum Gasteiger partial charge on any atom is -0.383 e. The summed E-state index contributed by atoms with van der Waals surface area (Å²) in [4.78, 5) is 4.04. The van der Waals surface area contributed by atoms with Crippen molar-refractivity contribution in [1.29, 1.82) is 0 Å². The van der Waals surface area contributed by atoms with E-state index in [1.165, 1.54) is 0 Å². The van der Waals surface area contributed by atoms with Crippen molar-refractivity contribution in [3.63, 3.8) is 0 Å². The van der Waals surface area contributed by atoms with Gasteiger partial charge >= 0.3 is 0 Å². The monoisotopic (exact) mass is 295 g/mol. The Balaban J connectivity index is 2.10. The molecule has 2 aromatic rings. The Morgan fingerprint density at radius 3 is 2.37 bits per heavy atom. The van der Waals surface area contributed by atoms with Crippen molar-refractivity contribution >= 4 is 29.0 Å². The molecule has 1 aromatic carbocycles. The molecule has 1 aromatic heterocycles. The molecule has 0 radical (unpaired) electrons. The molecule has 0 saturated heterocycles. The average Bonchev–Trinajstić information content (AvgIpc) is 2.37. The van der Waals surface area contributed by atoms with Crippen LogP contribution >= 0.6 is 23.2 Å². The van der Waals surface area contributed by atoms with E-state index >= 15 is 0 Å². The van der Waals surface area contributed by atoms with Crippen molar-refractivity contribution in [2.75, 3.05) is 5.73 Å². The van der Waals surface area contributed by atoms with E-state index in [1.807, 2.05) is 30.3 Å². The van der Waals surface area contributed by atoms with Crippen molar-refractivity contribution < 1.29 is 0 Å². The lowest BCUT2D eigenvalue weighted by Crippen LogP contribution is -2.26. The number of pyridine rings is 1. The van der Waals surface area contributed by atoms with Gasteiger partial charge < -0.3 is 11.5 Å². The van der Waals surface area contributed by atoms with E-state index in [0.29, 0.717) is 28.7 Å². The van der Waals surface area contributed by atoms with Crippen LogP contribution < -0.4 is 11.5 Å². The van der Waals surface area contributed by atoms with Crippen LogP contribution in [0.4, 0.5) is 5.82 Å². The molecule has 0 fully saturated rings. The molecule has 1 heterocycles. The zero-order valence-corrected chi connectivity index (χ0v) is 11.8. The molecule has 5 heteroatoms. The number of hydrogen-bond donors (Lipinski definition) is 2. The second kappa shape index (κ2) is 6.24. The average molecular weight is 296 g/mol. The fraction of sp³-hybridized carbons (Fsp3) is 0.214. The highest BCUT2D eigenvalue weighted by molar-refractivity contribution is 6.36. The smallest absolute Gasteiger partial charge is 0.126 e. The van der Waals surface area contributed by atoms with E-state index in [-0.39, 0.29) is 6.04 Å². The van der Waals surface area contributed by atoms with Gasteiger partial charge in [0.2, 0.25) is 0 Å². The van der Waals surface area contributed by atoms with E-state index in [9.17, 15) is 0 Å². The van der Waals surface area contributed by atoms with E-state index < -0.39 is 0 Å². The van der Waals surface area contributed by atoms with Crippen LogP contribution in [0.3, 0.4) is 0 Å². The van der Waals surface area contributed by atoms with Crippen LogP contribution in [0.2, 0.25) is 10.0 Å². The third kappa shape index (κ3) is 3.60. The highest BCUT2D eigenvalue weighted by Crippen LogP contribution is 2.26. The number of aromatic nitrogens is 1. The van der Waals surface area contributed by atoms with Crippen molar-refractivity contribution in [3.8, 4) is 0 Å². The van der Waals surface area contributed by atoms with Gasteiger partial charge in [-0.3, -0.25) is 0 Å². The van der Waals surface area contributed by atoms with Gasteiger partial charge in [-0.1, -0.05) is 35.3 Å². The molecular formula is C14H15Cl2N3. The summed E-state index contributed by atoms with van der Waals surface area (Å²) >= 11 is 12.3. The Labute approximate surface area is 122 Å². The Morgan fingerprint density at radius 2 is 1.74 bits per heavy atom. The lowest BCUT2D eigenvalue weighted by molar-refractivity contribution is 0.665. The van der Waals surface area contributed by atoms with Crippen LogP contribution in [0, 0.1) is 0 Å². The molecule has 0 aliphatic heterocycles. The molecule has 0 spiro atoms. The molecule has 0 aliphatic rings. The van der Waals surface area contributed by atoms with Gasteiger partial charge in [-0.2, -0.15) is 0 Å². The molecule has 3 nitrogen and oxygen atoms in total. The van der Waals surface area contributed by atoms with Crippen LogP contribution in [0.15, 0.2) is 36.5 Å². The molecular weight excluding hydrogens is 281 g/mol. The van der Waals surface area contributed by atoms with Crippen LogP contribution in [-0.4, -0.2) is 11.0 Å². The highest BCUT2D eigenvalue weighted by Gasteiger charge is 2.12. The zero-order chi connectivity index (χ0) is 13.8. The quantitative estimate of drug-likeness (QED) is 0.911. The molecule has 1 unspecified atom stereocenters. The van der Waals surface area contributed by atoms with E-state index in [1.54, 1.807) is 6.20 Å². The fourth-order valence-corrected chi connectivity index (χ4v) is 2.52. The normalized spacial score (nSPS) is 12.4. The number of benzene rings is 1. The molecule has 0 saturated carbocycles. The number of hydrogen-bond acceptors (Lipinski definition) is 3. The third-order valence-electron chi connectivity index (χ3n) is 2.94. The largest absolute Gasteiger partial charge is 0.383 e. The Morgan fingerprint density at radius 1 is 1.05 bits per heavy atom. The van der Waals surface area contributed by atoms with E-state index in [2.05, 4.69) is 4.98 Å². The number of nitrogens with zero attached hydrogens (tertiary/aromatic N) is 1. The maximum absolute atomic E-state index is 6.14. The molecule has 0 aliphatic carbocycles. The molecule has 19 heavy (non-hydrogen) atoms. The second-order valence-electron chi connectivity index (χ2n) is 4.42. The van der Waals surface area contributed by atoms with Gasteiger partial charge in [0.25, 0.3) is 0 Å². The second-order valence-corrected chi connectivity index (χ2v) is 5.23. The van der Waals surface area contributed by atoms with Crippen molar-refractivity contribution in [2.24, 2.45) is 5.73 Å².